The highest BCUT2D eigenvalue weighted by Gasteiger charge is 2.41. The minimum absolute atomic E-state index is 0.0463. The number of rotatable bonds is 5. The van der Waals surface area contributed by atoms with E-state index in [0.717, 1.165) is 19.4 Å². The smallest absolute Gasteiger partial charge is 0.163 e. The second-order valence-corrected chi connectivity index (χ2v) is 5.41. The van der Waals surface area contributed by atoms with Gasteiger partial charge in [-0.15, -0.1) is 0 Å². The van der Waals surface area contributed by atoms with Gasteiger partial charge in [-0.05, 0) is 43.7 Å². The summed E-state index contributed by atoms with van der Waals surface area (Å²) in [5, 5.41) is 3.36. The third-order valence-electron chi connectivity index (χ3n) is 3.85. The molecule has 100 valence electrons. The number of benzene rings is 1. The van der Waals surface area contributed by atoms with Gasteiger partial charge in [0.2, 0.25) is 0 Å². The molecular formula is C15H21F2N. The van der Waals surface area contributed by atoms with Crippen LogP contribution in [0.5, 0.6) is 0 Å². The van der Waals surface area contributed by atoms with Crippen LogP contribution in [-0.2, 0) is 0 Å². The summed E-state index contributed by atoms with van der Waals surface area (Å²) in [6.07, 6.45) is 2.09. The largest absolute Gasteiger partial charge is 0.310 e. The lowest BCUT2D eigenvalue weighted by Gasteiger charge is -2.20. The molecule has 18 heavy (non-hydrogen) atoms. The molecule has 1 aliphatic rings. The summed E-state index contributed by atoms with van der Waals surface area (Å²) in [4.78, 5) is 0. The molecule has 1 aromatic carbocycles. The van der Waals surface area contributed by atoms with Gasteiger partial charge in [0, 0.05) is 11.6 Å². The SMILES string of the molecule is CCCNC(c1ccc(C)c(F)c1F)C1CC1C. The van der Waals surface area contributed by atoms with E-state index in [-0.39, 0.29) is 6.04 Å². The molecule has 3 atom stereocenters. The average molecular weight is 253 g/mol. The Morgan fingerprint density at radius 2 is 2.00 bits per heavy atom. The van der Waals surface area contributed by atoms with E-state index in [9.17, 15) is 8.78 Å². The first-order chi connectivity index (χ1) is 8.56. The minimum atomic E-state index is -0.705. The van der Waals surface area contributed by atoms with Crippen LogP contribution in [0, 0.1) is 30.4 Å². The predicted octanol–water partition coefficient (Wildman–Crippen LogP) is 3.97. The second kappa shape index (κ2) is 5.35. The number of nitrogens with one attached hydrogen (secondary N) is 1. The Balaban J connectivity index is 2.27. The molecule has 0 aliphatic heterocycles. The van der Waals surface area contributed by atoms with Crippen LogP contribution in [0.1, 0.15) is 43.9 Å². The van der Waals surface area contributed by atoms with Gasteiger partial charge in [0.15, 0.2) is 11.6 Å². The summed E-state index contributed by atoms with van der Waals surface area (Å²) in [6.45, 7) is 6.67. The molecule has 1 nitrogen and oxygen atoms in total. The quantitative estimate of drug-likeness (QED) is 0.837. The third kappa shape index (κ3) is 2.56. The lowest BCUT2D eigenvalue weighted by Crippen LogP contribution is -2.25. The topological polar surface area (TPSA) is 12.0 Å². The highest BCUT2D eigenvalue weighted by molar-refractivity contribution is 5.29. The van der Waals surface area contributed by atoms with E-state index in [1.54, 1.807) is 19.1 Å². The van der Waals surface area contributed by atoms with E-state index in [4.69, 9.17) is 0 Å². The molecule has 1 saturated carbocycles. The minimum Gasteiger partial charge on any atom is -0.310 e. The van der Waals surface area contributed by atoms with Crippen LogP contribution in [0.4, 0.5) is 8.78 Å². The molecule has 3 heteroatoms. The van der Waals surface area contributed by atoms with Crippen molar-refractivity contribution in [1.29, 1.82) is 0 Å². The molecule has 1 aromatic rings. The molecule has 0 spiro atoms. The van der Waals surface area contributed by atoms with Crippen molar-refractivity contribution in [2.75, 3.05) is 6.54 Å². The third-order valence-corrected chi connectivity index (χ3v) is 3.85. The van der Waals surface area contributed by atoms with Gasteiger partial charge in [0.1, 0.15) is 0 Å². The van der Waals surface area contributed by atoms with Crippen molar-refractivity contribution in [1.82, 2.24) is 5.32 Å². The van der Waals surface area contributed by atoms with E-state index in [1.165, 1.54) is 0 Å². The fourth-order valence-corrected chi connectivity index (χ4v) is 2.51. The van der Waals surface area contributed by atoms with Crippen molar-refractivity contribution in [3.63, 3.8) is 0 Å². The molecule has 1 aliphatic carbocycles. The van der Waals surface area contributed by atoms with Gasteiger partial charge in [-0.1, -0.05) is 26.0 Å². The summed E-state index contributed by atoms with van der Waals surface area (Å²) in [6, 6.07) is 3.35. The van der Waals surface area contributed by atoms with Crippen molar-refractivity contribution in [3.05, 3.63) is 34.9 Å². The summed E-state index contributed by atoms with van der Waals surface area (Å²) in [7, 11) is 0. The van der Waals surface area contributed by atoms with Crippen LogP contribution in [0.15, 0.2) is 12.1 Å². The zero-order valence-electron chi connectivity index (χ0n) is 11.3. The first kappa shape index (κ1) is 13.5. The van der Waals surface area contributed by atoms with Gasteiger partial charge in [0.25, 0.3) is 0 Å². The van der Waals surface area contributed by atoms with Gasteiger partial charge >= 0.3 is 0 Å². The van der Waals surface area contributed by atoms with Crippen molar-refractivity contribution in [3.8, 4) is 0 Å². The Hall–Kier alpha value is -0.960. The van der Waals surface area contributed by atoms with E-state index in [0.29, 0.717) is 23.0 Å². The van der Waals surface area contributed by atoms with E-state index >= 15 is 0 Å². The molecule has 3 unspecified atom stereocenters. The van der Waals surface area contributed by atoms with Crippen molar-refractivity contribution < 1.29 is 8.78 Å². The predicted molar refractivity (Wildman–Crippen MR) is 69.4 cm³/mol. The monoisotopic (exact) mass is 253 g/mol. The lowest BCUT2D eigenvalue weighted by atomic mass is 9.98. The highest BCUT2D eigenvalue weighted by atomic mass is 19.2. The zero-order chi connectivity index (χ0) is 13.3. The summed E-state index contributed by atoms with van der Waals surface area (Å²) < 4.78 is 27.7. The average Bonchev–Trinajstić information content (AvgIpc) is 3.06. The fraction of sp³-hybridized carbons (Fsp3) is 0.600. The van der Waals surface area contributed by atoms with Crippen LogP contribution >= 0.6 is 0 Å². The Kier molecular flexibility index (Phi) is 4.00. The van der Waals surface area contributed by atoms with Gasteiger partial charge < -0.3 is 5.32 Å². The molecule has 0 radical (unpaired) electrons. The zero-order valence-corrected chi connectivity index (χ0v) is 11.3. The molecule has 2 rings (SSSR count). The number of hydrogen-bond acceptors (Lipinski definition) is 1. The Morgan fingerprint density at radius 3 is 2.56 bits per heavy atom. The maximum absolute atomic E-state index is 14.0. The van der Waals surface area contributed by atoms with E-state index in [1.807, 2.05) is 0 Å². The lowest BCUT2D eigenvalue weighted by molar-refractivity contribution is 0.423. The van der Waals surface area contributed by atoms with Crippen LogP contribution in [0.3, 0.4) is 0 Å². The maximum atomic E-state index is 14.0. The fourth-order valence-electron chi connectivity index (χ4n) is 2.51. The maximum Gasteiger partial charge on any atom is 0.163 e. The highest BCUT2D eigenvalue weighted by Crippen LogP contribution is 2.47. The van der Waals surface area contributed by atoms with Gasteiger partial charge in [0.05, 0.1) is 0 Å². The summed E-state index contributed by atoms with van der Waals surface area (Å²) >= 11 is 0. The van der Waals surface area contributed by atoms with Gasteiger partial charge in [-0.2, -0.15) is 0 Å². The molecule has 0 amide bonds. The van der Waals surface area contributed by atoms with Crippen LogP contribution in [-0.4, -0.2) is 6.54 Å². The number of hydrogen-bond donors (Lipinski definition) is 1. The van der Waals surface area contributed by atoms with Gasteiger partial charge in [-0.3, -0.25) is 0 Å². The summed E-state index contributed by atoms with van der Waals surface area (Å²) in [5.41, 5.74) is 0.857. The Labute approximate surface area is 108 Å². The Bertz CT molecular complexity index is 431. The van der Waals surface area contributed by atoms with Gasteiger partial charge in [-0.25, -0.2) is 8.78 Å². The van der Waals surface area contributed by atoms with E-state index in [2.05, 4.69) is 19.2 Å². The molecule has 0 bridgehead atoms. The first-order valence-corrected chi connectivity index (χ1v) is 6.74. The van der Waals surface area contributed by atoms with Crippen LogP contribution in [0.2, 0.25) is 0 Å². The second-order valence-electron chi connectivity index (χ2n) is 5.41. The molecular weight excluding hydrogens is 232 g/mol. The van der Waals surface area contributed by atoms with Crippen LogP contribution < -0.4 is 5.32 Å². The van der Waals surface area contributed by atoms with E-state index < -0.39 is 11.6 Å². The Morgan fingerprint density at radius 1 is 1.33 bits per heavy atom. The molecule has 0 heterocycles. The molecule has 1 fully saturated rings. The van der Waals surface area contributed by atoms with Crippen molar-refractivity contribution >= 4 is 0 Å². The van der Waals surface area contributed by atoms with Crippen LogP contribution in [0.25, 0.3) is 0 Å². The normalized spacial score (nSPS) is 24.1. The van der Waals surface area contributed by atoms with Crippen molar-refractivity contribution in [2.45, 2.75) is 39.7 Å². The number of aryl methyl sites for hydroxylation is 1. The molecule has 0 saturated heterocycles. The standard InChI is InChI=1S/C15H21F2N/c1-4-7-18-15(12-8-10(12)3)11-6-5-9(2)13(16)14(11)17/h5-6,10,12,15,18H,4,7-8H2,1-3H3. The summed E-state index contributed by atoms with van der Waals surface area (Å²) in [5.74, 6) is -0.344. The van der Waals surface area contributed by atoms with Crippen molar-refractivity contribution in [2.24, 2.45) is 11.8 Å². The molecule has 0 aromatic heterocycles. The molecule has 1 N–H and O–H groups in total. The number of halogens is 2. The first-order valence-electron chi connectivity index (χ1n) is 6.74.